The van der Waals surface area contributed by atoms with Crippen LogP contribution in [-0.4, -0.2) is 24.0 Å². The van der Waals surface area contributed by atoms with Crippen LogP contribution in [0.5, 0.6) is 5.75 Å². The van der Waals surface area contributed by atoms with E-state index < -0.39 is 0 Å². The molecule has 0 spiro atoms. The van der Waals surface area contributed by atoms with E-state index in [0.29, 0.717) is 0 Å². The molecule has 0 radical (unpaired) electrons. The van der Waals surface area contributed by atoms with Crippen LogP contribution in [-0.2, 0) is 4.79 Å². The predicted molar refractivity (Wildman–Crippen MR) is 99.8 cm³/mol. The monoisotopic (exact) mass is 347 g/mol. The van der Waals surface area contributed by atoms with Gasteiger partial charge in [0.25, 0.3) is 0 Å². The van der Waals surface area contributed by atoms with E-state index in [2.05, 4.69) is 12.2 Å². The molecule has 2 aromatic carbocycles. The molecular formula is C18H21NO2S2. The Morgan fingerprint density at radius 2 is 1.87 bits per heavy atom. The van der Waals surface area contributed by atoms with Gasteiger partial charge in [0.1, 0.15) is 5.75 Å². The number of hydrogen-bond acceptors (Lipinski definition) is 4. The molecule has 5 heteroatoms. The summed E-state index contributed by atoms with van der Waals surface area (Å²) in [6.45, 7) is 4.02. The standard InChI is InChI=1S/C18H21NO2S2/c1-4-22-17-8-6-5-7-16(17)19-18(20)13(2)23-15-11-9-14(21-3)10-12-15/h5-13H,4H2,1-3H3,(H,19,20)/t13-/m0/s1. The maximum Gasteiger partial charge on any atom is 0.237 e. The van der Waals surface area contributed by atoms with Gasteiger partial charge in [-0.25, -0.2) is 0 Å². The molecule has 122 valence electrons. The second-order valence-electron chi connectivity index (χ2n) is 4.85. The number of carbonyl (C=O) groups is 1. The molecule has 1 N–H and O–H groups in total. The first-order valence-corrected chi connectivity index (χ1v) is 9.34. The zero-order chi connectivity index (χ0) is 16.7. The van der Waals surface area contributed by atoms with Crippen molar-refractivity contribution in [1.82, 2.24) is 0 Å². The molecule has 0 aliphatic carbocycles. The highest BCUT2D eigenvalue weighted by Crippen LogP contribution is 2.29. The van der Waals surface area contributed by atoms with Crippen molar-refractivity contribution in [3.8, 4) is 5.75 Å². The summed E-state index contributed by atoms with van der Waals surface area (Å²) in [7, 11) is 1.64. The molecule has 0 bridgehead atoms. The molecule has 0 unspecified atom stereocenters. The molecule has 1 atom stereocenters. The van der Waals surface area contributed by atoms with Crippen molar-refractivity contribution in [2.45, 2.75) is 28.9 Å². The lowest BCUT2D eigenvalue weighted by Crippen LogP contribution is -2.22. The third kappa shape index (κ3) is 5.22. The summed E-state index contributed by atoms with van der Waals surface area (Å²) in [4.78, 5) is 14.6. The Labute approximate surface area is 146 Å². The van der Waals surface area contributed by atoms with Crippen LogP contribution in [0.1, 0.15) is 13.8 Å². The zero-order valence-electron chi connectivity index (χ0n) is 13.5. The Morgan fingerprint density at radius 1 is 1.17 bits per heavy atom. The van der Waals surface area contributed by atoms with E-state index in [0.717, 1.165) is 27.0 Å². The molecule has 2 rings (SSSR count). The van der Waals surface area contributed by atoms with Gasteiger partial charge in [-0.15, -0.1) is 23.5 Å². The Kier molecular flexibility index (Phi) is 6.86. The number of hydrogen-bond donors (Lipinski definition) is 1. The molecule has 0 aliphatic rings. The van der Waals surface area contributed by atoms with Crippen molar-refractivity contribution in [2.75, 3.05) is 18.2 Å². The fourth-order valence-electron chi connectivity index (χ4n) is 2.00. The van der Waals surface area contributed by atoms with E-state index in [9.17, 15) is 4.79 Å². The van der Waals surface area contributed by atoms with Gasteiger partial charge in [0.2, 0.25) is 5.91 Å². The number of methoxy groups -OCH3 is 1. The largest absolute Gasteiger partial charge is 0.497 e. The quantitative estimate of drug-likeness (QED) is 0.721. The van der Waals surface area contributed by atoms with Crippen LogP contribution in [0.2, 0.25) is 0 Å². The van der Waals surface area contributed by atoms with E-state index in [4.69, 9.17) is 4.74 Å². The number of ether oxygens (including phenoxy) is 1. The molecule has 0 saturated carbocycles. The van der Waals surface area contributed by atoms with Crippen LogP contribution in [0, 0.1) is 0 Å². The maximum atomic E-state index is 12.4. The molecule has 0 aromatic heterocycles. The summed E-state index contributed by atoms with van der Waals surface area (Å²) in [5, 5.41) is 2.85. The van der Waals surface area contributed by atoms with E-state index >= 15 is 0 Å². The van der Waals surface area contributed by atoms with Crippen molar-refractivity contribution in [1.29, 1.82) is 0 Å². The van der Waals surface area contributed by atoms with E-state index in [1.807, 2.05) is 55.5 Å². The van der Waals surface area contributed by atoms with Crippen LogP contribution >= 0.6 is 23.5 Å². The third-order valence-electron chi connectivity index (χ3n) is 3.19. The second kappa shape index (κ2) is 8.89. The van der Waals surface area contributed by atoms with Crippen LogP contribution in [0.15, 0.2) is 58.3 Å². The van der Waals surface area contributed by atoms with Gasteiger partial charge >= 0.3 is 0 Å². The SMILES string of the molecule is CCSc1ccccc1NC(=O)[C@H](C)Sc1ccc(OC)cc1. The number of carbonyl (C=O) groups excluding carboxylic acids is 1. The third-order valence-corrected chi connectivity index (χ3v) is 5.25. The molecule has 3 nitrogen and oxygen atoms in total. The minimum Gasteiger partial charge on any atom is -0.497 e. The Hall–Kier alpha value is -1.59. The van der Waals surface area contributed by atoms with Crippen molar-refractivity contribution in [2.24, 2.45) is 0 Å². The zero-order valence-corrected chi connectivity index (χ0v) is 15.2. The topological polar surface area (TPSA) is 38.3 Å². The van der Waals surface area contributed by atoms with Gasteiger partial charge in [-0.3, -0.25) is 4.79 Å². The van der Waals surface area contributed by atoms with E-state index in [-0.39, 0.29) is 11.2 Å². The average Bonchev–Trinajstić information content (AvgIpc) is 2.57. The Balaban J connectivity index is 1.99. The summed E-state index contributed by atoms with van der Waals surface area (Å²) in [5.74, 6) is 1.80. The number of benzene rings is 2. The smallest absolute Gasteiger partial charge is 0.237 e. The van der Waals surface area contributed by atoms with Crippen molar-refractivity contribution >= 4 is 35.1 Å². The van der Waals surface area contributed by atoms with Gasteiger partial charge in [0.05, 0.1) is 18.0 Å². The first-order chi connectivity index (χ1) is 11.1. The van der Waals surface area contributed by atoms with E-state index in [1.165, 1.54) is 11.8 Å². The molecule has 0 aliphatic heterocycles. The summed E-state index contributed by atoms with van der Waals surface area (Å²) in [6, 6.07) is 15.6. The Bertz CT molecular complexity index is 644. The molecule has 0 heterocycles. The summed E-state index contributed by atoms with van der Waals surface area (Å²) < 4.78 is 5.15. The molecular weight excluding hydrogens is 326 g/mol. The number of para-hydroxylation sites is 1. The number of anilines is 1. The number of rotatable bonds is 7. The lowest BCUT2D eigenvalue weighted by Gasteiger charge is -2.14. The van der Waals surface area contributed by atoms with Crippen molar-refractivity contribution in [3.63, 3.8) is 0 Å². The fraction of sp³-hybridized carbons (Fsp3) is 0.278. The first-order valence-electron chi connectivity index (χ1n) is 7.47. The van der Waals surface area contributed by atoms with Gasteiger partial charge < -0.3 is 10.1 Å². The summed E-state index contributed by atoms with van der Waals surface area (Å²) in [5.41, 5.74) is 0.881. The van der Waals surface area contributed by atoms with Crippen LogP contribution in [0.3, 0.4) is 0 Å². The second-order valence-corrected chi connectivity index (χ2v) is 7.57. The fourth-order valence-corrected chi connectivity index (χ4v) is 3.63. The van der Waals surface area contributed by atoms with Crippen LogP contribution < -0.4 is 10.1 Å². The van der Waals surface area contributed by atoms with Gasteiger partial charge in [-0.05, 0) is 49.1 Å². The maximum absolute atomic E-state index is 12.4. The van der Waals surface area contributed by atoms with Gasteiger partial charge in [-0.1, -0.05) is 19.1 Å². The highest BCUT2D eigenvalue weighted by atomic mass is 32.2. The average molecular weight is 348 g/mol. The van der Waals surface area contributed by atoms with Crippen LogP contribution in [0.25, 0.3) is 0 Å². The van der Waals surface area contributed by atoms with Gasteiger partial charge in [0, 0.05) is 9.79 Å². The molecule has 0 fully saturated rings. The van der Waals surface area contributed by atoms with Crippen molar-refractivity contribution in [3.05, 3.63) is 48.5 Å². The predicted octanol–water partition coefficient (Wildman–Crippen LogP) is 4.93. The van der Waals surface area contributed by atoms with Crippen molar-refractivity contribution < 1.29 is 9.53 Å². The minimum absolute atomic E-state index is 0.00923. The molecule has 1 amide bonds. The number of amides is 1. The molecule has 0 saturated heterocycles. The highest BCUT2D eigenvalue weighted by molar-refractivity contribution is 8.00. The minimum atomic E-state index is -0.178. The van der Waals surface area contributed by atoms with Gasteiger partial charge in [0.15, 0.2) is 0 Å². The molecule has 23 heavy (non-hydrogen) atoms. The number of nitrogens with one attached hydrogen (secondary N) is 1. The van der Waals surface area contributed by atoms with Gasteiger partial charge in [-0.2, -0.15) is 0 Å². The van der Waals surface area contributed by atoms with Crippen LogP contribution in [0.4, 0.5) is 5.69 Å². The lowest BCUT2D eigenvalue weighted by molar-refractivity contribution is -0.115. The normalized spacial score (nSPS) is 11.8. The Morgan fingerprint density at radius 3 is 2.52 bits per heavy atom. The summed E-state index contributed by atoms with van der Waals surface area (Å²) >= 11 is 3.26. The van der Waals surface area contributed by atoms with E-state index in [1.54, 1.807) is 18.9 Å². The number of thioether (sulfide) groups is 2. The first kappa shape index (κ1) is 17.8. The highest BCUT2D eigenvalue weighted by Gasteiger charge is 2.16. The lowest BCUT2D eigenvalue weighted by atomic mass is 10.3. The summed E-state index contributed by atoms with van der Waals surface area (Å²) in [6.07, 6.45) is 0. The molecule has 2 aromatic rings.